The number of benzene rings is 9. The number of para-hydroxylation sites is 2. The first kappa shape index (κ1) is 32.8. The van der Waals surface area contributed by atoms with Gasteiger partial charge in [-0.15, -0.1) is 0 Å². The third-order valence-corrected chi connectivity index (χ3v) is 11.2. The quantitative estimate of drug-likeness (QED) is 0.163. The van der Waals surface area contributed by atoms with Gasteiger partial charge in [-0.25, -0.2) is 0 Å². The van der Waals surface area contributed by atoms with Crippen molar-refractivity contribution >= 4 is 60.8 Å². The highest BCUT2D eigenvalue weighted by molar-refractivity contribution is 6.14. The molecule has 0 aliphatic rings. The van der Waals surface area contributed by atoms with Crippen LogP contribution in [0.1, 0.15) is 0 Å². The summed E-state index contributed by atoms with van der Waals surface area (Å²) in [6.45, 7) is 0. The second-order valence-corrected chi connectivity index (χ2v) is 14.6. The highest BCUT2D eigenvalue weighted by atomic mass is 16.3. The van der Waals surface area contributed by atoms with E-state index in [1.165, 1.54) is 44.2 Å². The van der Waals surface area contributed by atoms with Gasteiger partial charge in [-0.05, 0) is 94.0 Å². The van der Waals surface area contributed by atoms with Crippen LogP contribution < -0.4 is 4.90 Å². The molecule has 11 rings (SSSR count). The van der Waals surface area contributed by atoms with Gasteiger partial charge in [-0.1, -0.05) is 158 Å². The van der Waals surface area contributed by atoms with E-state index in [2.05, 4.69) is 222 Å². The van der Waals surface area contributed by atoms with E-state index < -0.39 is 0 Å². The summed E-state index contributed by atoms with van der Waals surface area (Å²) in [5.41, 5.74) is 15.2. The van der Waals surface area contributed by atoms with Crippen molar-refractivity contribution in [3.63, 3.8) is 0 Å². The lowest BCUT2D eigenvalue weighted by Gasteiger charge is -2.27. The summed E-state index contributed by atoms with van der Waals surface area (Å²) < 4.78 is 9.27. The second-order valence-electron chi connectivity index (χ2n) is 14.6. The molecule has 0 saturated carbocycles. The van der Waals surface area contributed by atoms with Crippen molar-refractivity contribution in [2.24, 2.45) is 0 Å². The van der Waals surface area contributed by atoms with Crippen LogP contribution in [0, 0.1) is 0 Å². The van der Waals surface area contributed by atoms with E-state index in [1.54, 1.807) is 0 Å². The summed E-state index contributed by atoms with van der Waals surface area (Å²) in [6, 6.07) is 78.1. The number of anilines is 3. The van der Waals surface area contributed by atoms with Crippen molar-refractivity contribution in [1.82, 2.24) is 4.57 Å². The van der Waals surface area contributed by atoms with Crippen molar-refractivity contribution in [2.75, 3.05) is 4.90 Å². The van der Waals surface area contributed by atoms with E-state index in [1.807, 2.05) is 6.07 Å². The van der Waals surface area contributed by atoms with Crippen LogP contribution >= 0.6 is 0 Å². The molecule has 0 aliphatic carbocycles. The van der Waals surface area contributed by atoms with E-state index in [0.29, 0.717) is 0 Å². The molecule has 3 heteroatoms. The predicted octanol–water partition coefficient (Wildman–Crippen LogP) is 15.2. The molecular weight excluding hydrogens is 693 g/mol. The standard InChI is InChI=1S/C54H36N2O/c1-4-14-37(15-5-1)40-24-29-43(30-25-40)55(44-31-26-41(27-32-44)38-16-6-2-7-17-38)52-36-45(35-49-47-21-11-13-23-53(47)57-54(49)52)56-50-22-12-10-20-46(50)48-34-42(28-33-51(48)56)39-18-8-3-9-19-39/h1-36H. The number of hydrogen-bond donors (Lipinski definition) is 0. The third kappa shape index (κ3) is 5.68. The topological polar surface area (TPSA) is 21.3 Å². The van der Waals surface area contributed by atoms with Gasteiger partial charge in [-0.2, -0.15) is 0 Å². The van der Waals surface area contributed by atoms with Gasteiger partial charge >= 0.3 is 0 Å². The molecule has 9 aromatic carbocycles. The minimum absolute atomic E-state index is 0.839. The summed E-state index contributed by atoms with van der Waals surface area (Å²) in [5.74, 6) is 0. The van der Waals surface area contributed by atoms with E-state index in [9.17, 15) is 0 Å². The van der Waals surface area contributed by atoms with Crippen molar-refractivity contribution in [2.45, 2.75) is 0 Å². The Hall–Kier alpha value is -7.62. The number of rotatable bonds is 7. The van der Waals surface area contributed by atoms with Gasteiger partial charge in [0, 0.05) is 38.6 Å². The van der Waals surface area contributed by atoms with Crippen LogP contribution in [0.15, 0.2) is 223 Å². The van der Waals surface area contributed by atoms with Gasteiger partial charge in [0.05, 0.1) is 16.7 Å². The molecule has 0 saturated heterocycles. The maximum Gasteiger partial charge on any atom is 0.159 e. The van der Waals surface area contributed by atoms with E-state index >= 15 is 0 Å². The molecule has 2 aromatic heterocycles. The fourth-order valence-electron chi connectivity index (χ4n) is 8.44. The average Bonchev–Trinajstić information content (AvgIpc) is 3.83. The Labute approximate surface area is 330 Å². The molecule has 0 fully saturated rings. The summed E-state index contributed by atoms with van der Waals surface area (Å²) in [7, 11) is 0. The lowest BCUT2D eigenvalue weighted by Crippen LogP contribution is -2.11. The van der Waals surface area contributed by atoms with Crippen LogP contribution in [0.25, 0.3) is 82.8 Å². The number of furan rings is 1. The highest BCUT2D eigenvalue weighted by Crippen LogP contribution is 2.46. The first-order valence-corrected chi connectivity index (χ1v) is 19.4. The summed E-state index contributed by atoms with van der Waals surface area (Å²) >= 11 is 0. The molecule has 268 valence electrons. The van der Waals surface area contributed by atoms with Gasteiger partial charge in [-0.3, -0.25) is 0 Å². The van der Waals surface area contributed by atoms with Gasteiger partial charge in [0.25, 0.3) is 0 Å². The van der Waals surface area contributed by atoms with Crippen LogP contribution in [-0.4, -0.2) is 4.57 Å². The fraction of sp³-hybridized carbons (Fsp3) is 0. The van der Waals surface area contributed by atoms with Crippen LogP contribution in [-0.2, 0) is 0 Å². The number of hydrogen-bond acceptors (Lipinski definition) is 2. The average molecular weight is 729 g/mol. The van der Waals surface area contributed by atoms with Gasteiger partial charge in [0.15, 0.2) is 5.58 Å². The van der Waals surface area contributed by atoms with Crippen LogP contribution in [0.5, 0.6) is 0 Å². The van der Waals surface area contributed by atoms with Gasteiger partial charge in [0.1, 0.15) is 5.58 Å². The predicted molar refractivity (Wildman–Crippen MR) is 239 cm³/mol. The Morgan fingerprint density at radius 1 is 0.333 bits per heavy atom. The Morgan fingerprint density at radius 3 is 1.42 bits per heavy atom. The summed E-state index contributed by atoms with van der Waals surface area (Å²) in [6.07, 6.45) is 0. The minimum Gasteiger partial charge on any atom is -0.454 e. The van der Waals surface area contributed by atoms with Crippen molar-refractivity contribution < 1.29 is 4.42 Å². The van der Waals surface area contributed by atoms with E-state index in [0.717, 1.165) is 55.7 Å². The molecule has 0 unspecified atom stereocenters. The minimum atomic E-state index is 0.839. The fourth-order valence-corrected chi connectivity index (χ4v) is 8.44. The van der Waals surface area contributed by atoms with Crippen LogP contribution in [0.3, 0.4) is 0 Å². The first-order valence-electron chi connectivity index (χ1n) is 19.4. The Bertz CT molecular complexity index is 3120. The zero-order valence-electron chi connectivity index (χ0n) is 31.1. The maximum absolute atomic E-state index is 6.85. The van der Waals surface area contributed by atoms with E-state index in [-0.39, 0.29) is 0 Å². The molecule has 57 heavy (non-hydrogen) atoms. The number of nitrogens with zero attached hydrogens (tertiary/aromatic N) is 2. The van der Waals surface area contributed by atoms with Crippen molar-refractivity contribution in [3.8, 4) is 39.1 Å². The Balaban J connectivity index is 1.17. The lowest BCUT2D eigenvalue weighted by molar-refractivity contribution is 0.669. The Kier molecular flexibility index (Phi) is 7.82. The van der Waals surface area contributed by atoms with Gasteiger partial charge in [0.2, 0.25) is 0 Å². The number of fused-ring (bicyclic) bond motifs is 6. The van der Waals surface area contributed by atoms with Crippen molar-refractivity contribution in [3.05, 3.63) is 218 Å². The lowest BCUT2D eigenvalue weighted by atomic mass is 10.0. The number of aromatic nitrogens is 1. The molecule has 2 heterocycles. The molecule has 0 N–H and O–H groups in total. The molecule has 0 amide bonds. The van der Waals surface area contributed by atoms with Crippen LogP contribution in [0.4, 0.5) is 17.1 Å². The summed E-state index contributed by atoms with van der Waals surface area (Å²) in [5, 5.41) is 4.59. The normalized spacial score (nSPS) is 11.5. The monoisotopic (exact) mass is 728 g/mol. The molecule has 3 nitrogen and oxygen atoms in total. The second kappa shape index (κ2) is 13.6. The highest BCUT2D eigenvalue weighted by Gasteiger charge is 2.23. The zero-order valence-corrected chi connectivity index (χ0v) is 31.1. The Morgan fingerprint density at radius 2 is 0.807 bits per heavy atom. The molecule has 0 bridgehead atoms. The first-order chi connectivity index (χ1) is 28.3. The molecule has 0 spiro atoms. The largest absolute Gasteiger partial charge is 0.454 e. The maximum atomic E-state index is 6.85. The summed E-state index contributed by atoms with van der Waals surface area (Å²) in [4.78, 5) is 2.35. The van der Waals surface area contributed by atoms with Crippen molar-refractivity contribution in [1.29, 1.82) is 0 Å². The third-order valence-electron chi connectivity index (χ3n) is 11.2. The molecule has 0 radical (unpaired) electrons. The molecule has 0 aliphatic heterocycles. The molecule has 11 aromatic rings. The van der Waals surface area contributed by atoms with Crippen LogP contribution in [0.2, 0.25) is 0 Å². The zero-order chi connectivity index (χ0) is 37.7. The molecule has 0 atom stereocenters. The SMILES string of the molecule is c1ccc(-c2ccc(N(c3ccc(-c4ccccc4)cc3)c3cc(-n4c5ccccc5c5cc(-c6ccccc6)ccc54)cc4c3oc3ccccc34)cc2)cc1. The van der Waals surface area contributed by atoms with E-state index in [4.69, 9.17) is 4.42 Å². The van der Waals surface area contributed by atoms with Gasteiger partial charge < -0.3 is 13.9 Å². The molecular formula is C54H36N2O. The smallest absolute Gasteiger partial charge is 0.159 e.